The van der Waals surface area contributed by atoms with Crippen LogP contribution in [0.15, 0.2) is 0 Å². The van der Waals surface area contributed by atoms with Crippen LogP contribution in [0, 0.1) is 56.9 Å². The van der Waals surface area contributed by atoms with Gasteiger partial charge in [0.2, 0.25) is 0 Å². The SMILES string of the molecule is [CH2-]OCC(O)COCCO.[CH2-]OCC(O)COCCO.[CH2-]OCC(O)CO[CH2-].[CH2-]OCC(O)CO[CH2-].[CH2-]OCC(O)CO[CH2-].[Rf].[Rf].[Rf].[Rf].[Rf].[Rf].[Rf].[Rf]. The van der Waals surface area contributed by atoms with Crippen molar-refractivity contribution in [1.82, 2.24) is 0 Å². The maximum Gasteiger partial charge on any atom is 0.0976 e. The number of rotatable bonds is 24. The summed E-state index contributed by atoms with van der Waals surface area (Å²) in [6.45, 7) is 2.24. The standard InChI is InChI=1S/2C6H13O4.3C5H10O3.8Rf/c2*1-9-4-6(8)5-10-3-2-7;3*1-7-3-5(6)4-8-2;;;;;;;;/h2*6-8H,1-5H2;3*5-6H,1-4H2;;;;;;;;/q2*-1;3*-2;;;;;;;;. The van der Waals surface area contributed by atoms with Gasteiger partial charge in [-0.15, -0.1) is 0 Å². The molecule has 0 spiro atoms. The Kier molecular flexibility index (Phi) is 128. The van der Waals surface area contributed by atoms with Crippen molar-refractivity contribution in [3.63, 3.8) is 0 Å². The summed E-state index contributed by atoms with van der Waals surface area (Å²) < 4.78 is 44.5. The van der Waals surface area contributed by atoms with Crippen molar-refractivity contribution in [2.24, 2.45) is 0 Å². The Morgan fingerprint density at radius 3 is 0.538 bits per heavy atom. The Balaban J connectivity index is -0.0000000321. The minimum Gasteiger partial charge on any atom is -0.553 e. The van der Waals surface area contributed by atoms with Gasteiger partial charge in [0.15, 0.2) is 0 Å². The van der Waals surface area contributed by atoms with Gasteiger partial charge < -0.3 is 83.1 Å². The third kappa shape index (κ3) is 105. The molecule has 290 valence electrons. The molecule has 0 aliphatic carbocycles. The molecule has 0 amide bonds. The number of hydrogen-bond donors (Lipinski definition) is 7. The Morgan fingerprint density at radius 2 is 0.423 bits per heavy atom. The second-order valence-electron chi connectivity index (χ2n) is 7.83. The number of aliphatic hydroxyl groups excluding tert-OH is 7. The molecule has 0 aromatic carbocycles. The van der Waals surface area contributed by atoms with E-state index in [9.17, 15) is 0 Å². The molecular formula is C27H56O17Rf8-8. The number of hydrogen-bond acceptors (Lipinski definition) is 17. The van der Waals surface area contributed by atoms with Crippen LogP contribution >= 0.6 is 0 Å². The fourth-order valence-corrected chi connectivity index (χ4v) is 1.90. The van der Waals surface area contributed by atoms with E-state index < -0.39 is 30.5 Å². The van der Waals surface area contributed by atoms with Crippen LogP contribution in [0.1, 0.15) is 0 Å². The van der Waals surface area contributed by atoms with Crippen molar-refractivity contribution < 1.29 is 83.1 Å². The summed E-state index contributed by atoms with van der Waals surface area (Å²) in [6, 6.07) is 0. The van der Waals surface area contributed by atoms with Crippen LogP contribution < -0.4 is 0 Å². The summed E-state index contributed by atoms with van der Waals surface area (Å²) in [4.78, 5) is 0. The first-order valence-electron chi connectivity index (χ1n) is 12.8. The van der Waals surface area contributed by atoms with Crippen molar-refractivity contribution in [1.29, 1.82) is 0 Å². The second kappa shape index (κ2) is 78.6. The molecule has 7 N–H and O–H groups in total. The summed E-state index contributed by atoms with van der Waals surface area (Å²) in [5, 5.41) is 60.5. The molecule has 0 saturated carbocycles. The summed E-state index contributed by atoms with van der Waals surface area (Å²) in [6.07, 6.45) is -3.12. The molecule has 0 aliphatic heterocycles. The average Bonchev–Trinajstić information content (AvgIpc) is 2.96. The minimum atomic E-state index is -0.649. The van der Waals surface area contributed by atoms with Gasteiger partial charge in [0.25, 0.3) is 0 Å². The fraction of sp³-hybridized carbons (Fsp3) is 0.704. The molecule has 0 radical (unpaired) electrons. The van der Waals surface area contributed by atoms with E-state index in [1.807, 2.05) is 0 Å². The van der Waals surface area contributed by atoms with E-state index in [1.54, 1.807) is 0 Å². The topological polar surface area (TPSA) is 234 Å². The smallest absolute Gasteiger partial charge is 0.0976 e. The fourth-order valence-electron chi connectivity index (χ4n) is 1.90. The molecule has 0 aromatic heterocycles. The molecule has 52 heavy (non-hydrogen) atoms. The first kappa shape index (κ1) is 84.4. The first-order chi connectivity index (χ1) is 21.0. The van der Waals surface area contributed by atoms with Crippen LogP contribution in [0.25, 0.3) is 0 Å². The van der Waals surface area contributed by atoms with Crippen LogP contribution in [0.5, 0.6) is 0 Å². The zero-order valence-electron chi connectivity index (χ0n) is 31.3. The van der Waals surface area contributed by atoms with E-state index in [0.717, 1.165) is 0 Å². The number of ether oxygens (including phenoxy) is 10. The predicted octanol–water partition coefficient (Wildman–Crippen LogP) is -1.78. The van der Waals surface area contributed by atoms with Gasteiger partial charge in [-0.05, 0) is 0 Å². The van der Waals surface area contributed by atoms with Crippen LogP contribution in [-0.2, 0) is 47.4 Å². The quantitative estimate of drug-likeness (QED) is 0.0419. The van der Waals surface area contributed by atoms with Gasteiger partial charge in [-0.25, -0.2) is 56.9 Å². The van der Waals surface area contributed by atoms with Gasteiger partial charge in [-0.1, -0.05) is 0 Å². The van der Waals surface area contributed by atoms with Gasteiger partial charge >= 0.3 is 0 Å². The molecule has 0 saturated heterocycles. The zero-order valence-corrected chi connectivity index (χ0v) is 82.5. The Bertz CT molecular complexity index is 418. The molecule has 2 atom stereocenters. The van der Waals surface area contributed by atoms with Gasteiger partial charge in [0.1, 0.15) is 0 Å². The summed E-state index contributed by atoms with van der Waals surface area (Å²) in [7, 11) is 24.6. The van der Waals surface area contributed by atoms with Gasteiger partial charge in [0, 0.05) is 52.9 Å². The summed E-state index contributed by atoms with van der Waals surface area (Å²) in [5.41, 5.74) is 0. The van der Waals surface area contributed by atoms with E-state index >= 15 is 0 Å². The summed E-state index contributed by atoms with van der Waals surface area (Å²) >= 11 is 0. The maximum atomic E-state index is 8.90. The van der Waals surface area contributed by atoms with Gasteiger partial charge in [-0.3, -0.25) is 0 Å². The van der Waals surface area contributed by atoms with E-state index in [1.165, 1.54) is 0 Å². The van der Waals surface area contributed by atoms with Crippen molar-refractivity contribution >= 4 is 0 Å². The van der Waals surface area contributed by atoms with Gasteiger partial charge in [-0.2, -0.15) is 0 Å². The molecule has 0 heterocycles. The Hall–Kier alpha value is -8.68. The van der Waals surface area contributed by atoms with E-state index in [-0.39, 0.29) is 92.5 Å². The molecule has 0 aliphatic rings. The minimum absolute atomic E-state index is 0. The normalized spacial score (nSPS) is 10.0. The van der Waals surface area contributed by atoms with Crippen LogP contribution in [-0.4, -0.2) is 159 Å². The molecule has 2 unspecified atom stereocenters. The van der Waals surface area contributed by atoms with E-state index in [0.29, 0.717) is 0 Å². The van der Waals surface area contributed by atoms with Crippen LogP contribution in [0.3, 0.4) is 0 Å². The Labute approximate surface area is 263 Å². The zero-order chi connectivity index (χ0) is 34.9. The third-order valence-corrected chi connectivity index (χ3v) is 3.57. The first-order valence-corrected chi connectivity index (χ1v) is 12.8. The largest absolute Gasteiger partial charge is 0.553 e. The molecule has 0 fully saturated rings. The monoisotopic (exact) mass is 2790 g/mol. The van der Waals surface area contributed by atoms with Crippen molar-refractivity contribution in [2.75, 3.05) is 92.5 Å². The third-order valence-electron chi connectivity index (χ3n) is 3.57. The van der Waals surface area contributed by atoms with Crippen molar-refractivity contribution in [2.45, 2.75) is 30.5 Å². The molecular weight excluding hydrogens is 2730 g/mol. The van der Waals surface area contributed by atoms with Crippen LogP contribution in [0.2, 0.25) is 0 Å². The molecule has 0 rings (SSSR count). The van der Waals surface area contributed by atoms with Gasteiger partial charge in [0.05, 0.1) is 70.2 Å². The Morgan fingerprint density at radius 1 is 0.288 bits per heavy atom. The van der Waals surface area contributed by atoms with E-state index in [2.05, 4.69) is 94.8 Å². The van der Waals surface area contributed by atoms with Crippen molar-refractivity contribution in [3.05, 3.63) is 56.9 Å². The average molecular weight is 2790 g/mol. The summed E-state index contributed by atoms with van der Waals surface area (Å²) in [5.74, 6) is 0. The van der Waals surface area contributed by atoms with E-state index in [4.69, 9.17) is 45.2 Å². The molecule has 17 nitrogen and oxygen atoms in total. The van der Waals surface area contributed by atoms with Crippen molar-refractivity contribution in [3.8, 4) is 0 Å². The maximum absolute atomic E-state index is 8.90. The number of aliphatic hydroxyl groups is 7. The molecule has 0 aromatic rings. The second-order valence-corrected chi connectivity index (χ2v) is 7.83. The van der Waals surface area contributed by atoms with Crippen LogP contribution in [0.4, 0.5) is 0 Å². The predicted molar refractivity (Wildman–Crippen MR) is 156 cm³/mol. The molecule has 0 bridgehead atoms. The molecule has 25 heteroatoms.